The molecule has 0 aliphatic carbocycles. The highest BCUT2D eigenvalue weighted by molar-refractivity contribution is 7.80. The number of amides is 3. The molecule has 0 aliphatic rings. The number of anilines is 1. The Labute approximate surface area is 168 Å². The number of rotatable bonds is 6. The summed E-state index contributed by atoms with van der Waals surface area (Å²) in [5.41, 5.74) is 6.29. The molecule has 144 valence electrons. The van der Waals surface area contributed by atoms with Crippen molar-refractivity contribution in [1.29, 1.82) is 0 Å². The summed E-state index contributed by atoms with van der Waals surface area (Å²) < 4.78 is 0. The van der Waals surface area contributed by atoms with Crippen molar-refractivity contribution in [3.63, 3.8) is 0 Å². The van der Waals surface area contributed by atoms with Crippen LogP contribution >= 0.6 is 12.2 Å². The predicted molar refractivity (Wildman–Crippen MR) is 112 cm³/mol. The normalized spacial score (nSPS) is 10.1. The molecule has 2 rings (SSSR count). The van der Waals surface area contributed by atoms with Crippen LogP contribution in [0.15, 0.2) is 66.7 Å². The van der Waals surface area contributed by atoms with Crippen LogP contribution in [0.2, 0.25) is 0 Å². The van der Waals surface area contributed by atoms with Gasteiger partial charge in [0.25, 0.3) is 0 Å². The van der Waals surface area contributed by atoms with Crippen LogP contribution in [0.4, 0.5) is 5.69 Å². The lowest BCUT2D eigenvalue weighted by atomic mass is 10.2. The van der Waals surface area contributed by atoms with Gasteiger partial charge in [-0.05, 0) is 36.0 Å². The van der Waals surface area contributed by atoms with Gasteiger partial charge in [0, 0.05) is 24.6 Å². The first-order valence-electron chi connectivity index (χ1n) is 8.51. The van der Waals surface area contributed by atoms with E-state index in [4.69, 9.17) is 12.2 Å². The van der Waals surface area contributed by atoms with E-state index >= 15 is 0 Å². The third kappa shape index (κ3) is 8.24. The van der Waals surface area contributed by atoms with E-state index in [2.05, 4.69) is 21.5 Å². The Kier molecular flexibility index (Phi) is 8.35. The zero-order valence-corrected chi connectivity index (χ0v) is 15.8. The number of hydrogen-bond acceptors (Lipinski definition) is 4. The van der Waals surface area contributed by atoms with E-state index in [0.717, 1.165) is 5.56 Å². The van der Waals surface area contributed by atoms with Gasteiger partial charge in [0.2, 0.25) is 17.7 Å². The van der Waals surface area contributed by atoms with Gasteiger partial charge >= 0.3 is 0 Å². The number of carbonyl (C=O) groups excluding carboxylic acids is 3. The highest BCUT2D eigenvalue weighted by atomic mass is 32.1. The molecule has 0 saturated heterocycles. The Morgan fingerprint density at radius 1 is 0.821 bits per heavy atom. The summed E-state index contributed by atoms with van der Waals surface area (Å²) in [6, 6.07) is 18.3. The average molecular weight is 396 g/mol. The van der Waals surface area contributed by atoms with Crippen molar-refractivity contribution in [1.82, 2.24) is 16.2 Å². The fourth-order valence-corrected chi connectivity index (χ4v) is 2.23. The van der Waals surface area contributed by atoms with E-state index < -0.39 is 11.8 Å². The molecule has 0 aliphatic heterocycles. The average Bonchev–Trinajstić information content (AvgIpc) is 2.71. The molecule has 2 aromatic rings. The first-order chi connectivity index (χ1) is 13.5. The van der Waals surface area contributed by atoms with Crippen LogP contribution in [0.3, 0.4) is 0 Å². The van der Waals surface area contributed by atoms with Gasteiger partial charge in [0.05, 0.1) is 0 Å². The molecule has 3 amide bonds. The number of hydrogen-bond donors (Lipinski definition) is 4. The number of benzene rings is 2. The Hall–Kier alpha value is -3.52. The van der Waals surface area contributed by atoms with Gasteiger partial charge in [-0.2, -0.15) is 0 Å². The van der Waals surface area contributed by atoms with Crippen molar-refractivity contribution in [3.8, 4) is 0 Å². The summed E-state index contributed by atoms with van der Waals surface area (Å²) in [5.74, 6) is -1.14. The molecule has 0 heterocycles. The van der Waals surface area contributed by atoms with Gasteiger partial charge in [-0.25, -0.2) is 0 Å². The smallest absolute Gasteiger partial charge is 0.250 e. The van der Waals surface area contributed by atoms with Crippen LogP contribution in [0.5, 0.6) is 0 Å². The molecule has 7 nitrogen and oxygen atoms in total. The first-order valence-corrected chi connectivity index (χ1v) is 8.91. The maximum absolute atomic E-state index is 11.8. The minimum Gasteiger partial charge on any atom is -0.326 e. The second-order valence-corrected chi connectivity index (χ2v) is 6.06. The molecular weight excluding hydrogens is 376 g/mol. The lowest BCUT2D eigenvalue weighted by Crippen LogP contribution is -2.48. The van der Waals surface area contributed by atoms with E-state index in [-0.39, 0.29) is 23.9 Å². The zero-order valence-electron chi connectivity index (χ0n) is 15.0. The van der Waals surface area contributed by atoms with Crippen molar-refractivity contribution in [2.75, 3.05) is 5.32 Å². The standard InChI is InChI=1S/C20H20N4O3S/c25-17(21-16-9-5-2-6-10-16)13-14-19(27)23-24-20(28)22-18(26)12-11-15-7-3-1-4-8-15/h1-12H,13-14H2,(H,21,25)(H,23,27)(H2,22,24,26,28). The second-order valence-electron chi connectivity index (χ2n) is 5.65. The molecule has 0 saturated carbocycles. The topological polar surface area (TPSA) is 99.3 Å². The predicted octanol–water partition coefficient (Wildman–Crippen LogP) is 2.14. The summed E-state index contributed by atoms with van der Waals surface area (Å²) in [7, 11) is 0. The Morgan fingerprint density at radius 3 is 2.11 bits per heavy atom. The number of hydrazine groups is 1. The summed E-state index contributed by atoms with van der Waals surface area (Å²) in [4.78, 5) is 35.3. The van der Waals surface area contributed by atoms with Gasteiger partial charge in [-0.3, -0.25) is 30.6 Å². The van der Waals surface area contributed by atoms with Gasteiger partial charge in [-0.1, -0.05) is 48.5 Å². The van der Waals surface area contributed by atoms with Gasteiger partial charge in [0.15, 0.2) is 5.11 Å². The molecule has 28 heavy (non-hydrogen) atoms. The van der Waals surface area contributed by atoms with Crippen LogP contribution in [0.25, 0.3) is 6.08 Å². The minimum atomic E-state index is -0.433. The molecule has 0 aromatic heterocycles. The number of thiocarbonyl (C=S) groups is 1. The number of para-hydroxylation sites is 1. The molecule has 0 atom stereocenters. The quantitative estimate of drug-likeness (QED) is 0.341. The van der Waals surface area contributed by atoms with Crippen molar-refractivity contribution in [3.05, 3.63) is 72.3 Å². The van der Waals surface area contributed by atoms with Gasteiger partial charge < -0.3 is 5.32 Å². The summed E-state index contributed by atoms with van der Waals surface area (Å²) in [6.07, 6.45) is 2.96. The van der Waals surface area contributed by atoms with E-state index in [1.807, 2.05) is 36.4 Å². The fraction of sp³-hybridized carbons (Fsp3) is 0.100. The Bertz CT molecular complexity index is 854. The number of carbonyl (C=O) groups is 3. The summed E-state index contributed by atoms with van der Waals surface area (Å²) in [6.45, 7) is 0. The molecule has 0 bridgehead atoms. The van der Waals surface area contributed by atoms with Crippen LogP contribution in [0.1, 0.15) is 18.4 Å². The van der Waals surface area contributed by atoms with E-state index in [1.54, 1.807) is 30.3 Å². The highest BCUT2D eigenvalue weighted by Gasteiger charge is 2.08. The molecule has 4 N–H and O–H groups in total. The van der Waals surface area contributed by atoms with Crippen LogP contribution in [-0.4, -0.2) is 22.8 Å². The first kappa shape index (κ1) is 20.8. The SMILES string of the molecule is O=C(C=Cc1ccccc1)NC(=S)NNC(=O)CCC(=O)Nc1ccccc1. The molecule has 0 fully saturated rings. The lowest BCUT2D eigenvalue weighted by Gasteiger charge is -2.10. The third-order valence-electron chi connectivity index (χ3n) is 3.42. The van der Waals surface area contributed by atoms with Crippen molar-refractivity contribution < 1.29 is 14.4 Å². The van der Waals surface area contributed by atoms with Crippen LogP contribution in [-0.2, 0) is 14.4 Å². The van der Waals surface area contributed by atoms with E-state index in [9.17, 15) is 14.4 Å². The molecular formula is C20H20N4O3S. The summed E-state index contributed by atoms with van der Waals surface area (Å²) in [5, 5.41) is 5.04. The van der Waals surface area contributed by atoms with Crippen LogP contribution in [0, 0.1) is 0 Å². The van der Waals surface area contributed by atoms with Gasteiger partial charge in [-0.15, -0.1) is 0 Å². The monoisotopic (exact) mass is 396 g/mol. The molecule has 0 spiro atoms. The largest absolute Gasteiger partial charge is 0.326 e. The number of nitrogens with one attached hydrogen (secondary N) is 4. The van der Waals surface area contributed by atoms with Crippen LogP contribution < -0.4 is 21.5 Å². The second kappa shape index (κ2) is 11.2. The molecule has 0 unspecified atom stereocenters. The van der Waals surface area contributed by atoms with Gasteiger partial charge in [0.1, 0.15) is 0 Å². The zero-order chi connectivity index (χ0) is 20.2. The fourth-order valence-electron chi connectivity index (χ4n) is 2.08. The third-order valence-corrected chi connectivity index (χ3v) is 3.62. The Morgan fingerprint density at radius 2 is 1.43 bits per heavy atom. The molecule has 8 heteroatoms. The minimum absolute atomic E-state index is 0.0152. The molecule has 0 radical (unpaired) electrons. The van der Waals surface area contributed by atoms with Crippen molar-refractivity contribution in [2.24, 2.45) is 0 Å². The maximum Gasteiger partial charge on any atom is 0.250 e. The van der Waals surface area contributed by atoms with E-state index in [0.29, 0.717) is 5.69 Å². The lowest BCUT2D eigenvalue weighted by molar-refractivity contribution is -0.124. The van der Waals surface area contributed by atoms with Crippen molar-refractivity contribution in [2.45, 2.75) is 12.8 Å². The summed E-state index contributed by atoms with van der Waals surface area (Å²) >= 11 is 4.93. The molecule has 2 aromatic carbocycles. The van der Waals surface area contributed by atoms with E-state index in [1.165, 1.54) is 6.08 Å². The maximum atomic E-state index is 11.8. The van der Waals surface area contributed by atoms with Crippen molar-refractivity contribution >= 4 is 46.8 Å². The Balaban J connectivity index is 1.63. The highest BCUT2D eigenvalue weighted by Crippen LogP contribution is 2.06.